The monoisotopic (exact) mass is 276 g/mol. The summed E-state index contributed by atoms with van der Waals surface area (Å²) in [5.74, 6) is -0.720. The number of hydrogen-bond donors (Lipinski definition) is 3. The maximum Gasteiger partial charge on any atom is 0.322 e. The van der Waals surface area contributed by atoms with E-state index in [1.54, 1.807) is 12.1 Å². The topological polar surface area (TPSA) is 90.5 Å². The van der Waals surface area contributed by atoms with Gasteiger partial charge in [-0.15, -0.1) is 0 Å². The molecule has 1 fully saturated rings. The Balaban J connectivity index is 1.92. The van der Waals surface area contributed by atoms with Crippen LogP contribution in [0.1, 0.15) is 10.4 Å². The summed E-state index contributed by atoms with van der Waals surface area (Å²) >= 11 is 0. The predicted molar refractivity (Wildman–Crippen MR) is 73.6 cm³/mol. The van der Waals surface area contributed by atoms with E-state index in [9.17, 15) is 14.4 Å². The van der Waals surface area contributed by atoms with Gasteiger partial charge < -0.3 is 15.5 Å². The molecule has 1 aromatic rings. The first kappa shape index (κ1) is 13.9. The molecule has 0 saturated carbocycles. The van der Waals surface area contributed by atoms with E-state index in [0.717, 1.165) is 5.69 Å². The first-order chi connectivity index (χ1) is 9.47. The summed E-state index contributed by atoms with van der Waals surface area (Å²) in [5.41, 5.74) is 1.49. The molecular formula is C13H16N4O3. The Morgan fingerprint density at radius 3 is 2.40 bits per heavy atom. The zero-order chi connectivity index (χ0) is 14.7. The minimum absolute atomic E-state index is 0.0613. The van der Waals surface area contributed by atoms with Gasteiger partial charge in [-0.3, -0.25) is 14.9 Å². The van der Waals surface area contributed by atoms with Crippen molar-refractivity contribution in [2.24, 2.45) is 0 Å². The second-order valence-corrected chi connectivity index (χ2v) is 4.67. The van der Waals surface area contributed by atoms with Crippen LogP contribution in [-0.4, -0.2) is 44.5 Å². The van der Waals surface area contributed by atoms with Gasteiger partial charge in [0.05, 0.1) is 0 Å². The van der Waals surface area contributed by atoms with Gasteiger partial charge in [-0.1, -0.05) is 0 Å². The maximum atomic E-state index is 11.9. The molecule has 4 amide bonds. The first-order valence-electron chi connectivity index (χ1n) is 6.14. The molecule has 7 heteroatoms. The molecular weight excluding hydrogens is 260 g/mol. The Morgan fingerprint density at radius 1 is 1.25 bits per heavy atom. The Morgan fingerprint density at radius 2 is 1.90 bits per heavy atom. The van der Waals surface area contributed by atoms with Crippen molar-refractivity contribution in [1.29, 1.82) is 0 Å². The Hall–Kier alpha value is -2.57. The standard InChI is InChI=1S/C13H16N4O3/c1-17(2)9-5-3-8(4-6-9)11(18)14-7-10-12(19)16-13(20)15-10/h3-6,10H,7H2,1-2H3,(H,14,18)(H2,15,16,19,20). The maximum absolute atomic E-state index is 11.9. The lowest BCUT2D eigenvalue weighted by atomic mass is 10.2. The third-order valence-electron chi connectivity index (χ3n) is 2.97. The Bertz CT molecular complexity index is 539. The largest absolute Gasteiger partial charge is 0.378 e. The fourth-order valence-electron chi connectivity index (χ4n) is 1.81. The minimum atomic E-state index is -0.715. The second-order valence-electron chi connectivity index (χ2n) is 4.67. The lowest BCUT2D eigenvalue weighted by Gasteiger charge is -2.13. The number of nitrogens with one attached hydrogen (secondary N) is 3. The van der Waals surface area contributed by atoms with Gasteiger partial charge in [0.25, 0.3) is 11.8 Å². The molecule has 3 N–H and O–H groups in total. The van der Waals surface area contributed by atoms with Crippen molar-refractivity contribution in [3.05, 3.63) is 29.8 Å². The molecule has 1 aliphatic rings. The van der Waals surface area contributed by atoms with E-state index in [2.05, 4.69) is 16.0 Å². The van der Waals surface area contributed by atoms with Gasteiger partial charge in [0.1, 0.15) is 6.04 Å². The molecule has 0 aliphatic carbocycles. The smallest absolute Gasteiger partial charge is 0.322 e. The highest BCUT2D eigenvalue weighted by Crippen LogP contribution is 2.12. The molecule has 1 heterocycles. The van der Waals surface area contributed by atoms with E-state index < -0.39 is 18.0 Å². The van der Waals surface area contributed by atoms with Gasteiger partial charge in [-0.05, 0) is 24.3 Å². The summed E-state index contributed by atoms with van der Waals surface area (Å²) < 4.78 is 0. The number of anilines is 1. The van der Waals surface area contributed by atoms with Crippen molar-refractivity contribution in [3.63, 3.8) is 0 Å². The quantitative estimate of drug-likeness (QED) is 0.658. The van der Waals surface area contributed by atoms with Gasteiger partial charge in [-0.2, -0.15) is 0 Å². The van der Waals surface area contributed by atoms with Crippen molar-refractivity contribution in [1.82, 2.24) is 16.0 Å². The van der Waals surface area contributed by atoms with Crippen LogP contribution in [0.25, 0.3) is 0 Å². The average Bonchev–Trinajstić information content (AvgIpc) is 2.74. The third kappa shape index (κ3) is 3.05. The van der Waals surface area contributed by atoms with Gasteiger partial charge in [0.2, 0.25) is 0 Å². The number of amides is 4. The van der Waals surface area contributed by atoms with Crippen molar-refractivity contribution in [2.75, 3.05) is 25.5 Å². The molecule has 7 nitrogen and oxygen atoms in total. The summed E-state index contributed by atoms with van der Waals surface area (Å²) in [6, 6.07) is 5.82. The third-order valence-corrected chi connectivity index (χ3v) is 2.97. The van der Waals surface area contributed by atoms with Crippen LogP contribution in [0.2, 0.25) is 0 Å². The summed E-state index contributed by atoms with van der Waals surface area (Å²) in [6.07, 6.45) is 0. The first-order valence-corrected chi connectivity index (χ1v) is 6.14. The molecule has 0 spiro atoms. The zero-order valence-electron chi connectivity index (χ0n) is 11.3. The number of hydrogen-bond acceptors (Lipinski definition) is 4. The number of benzene rings is 1. The number of nitrogens with zero attached hydrogens (tertiary/aromatic N) is 1. The predicted octanol–water partition coefficient (Wildman–Crippen LogP) is -0.310. The Labute approximate surface area is 116 Å². The molecule has 1 atom stereocenters. The van der Waals surface area contributed by atoms with Crippen molar-refractivity contribution in [2.45, 2.75) is 6.04 Å². The molecule has 2 rings (SSSR count). The van der Waals surface area contributed by atoms with Gasteiger partial charge >= 0.3 is 6.03 Å². The van der Waals surface area contributed by atoms with Crippen molar-refractivity contribution >= 4 is 23.5 Å². The molecule has 106 valence electrons. The van der Waals surface area contributed by atoms with E-state index in [1.807, 2.05) is 31.1 Å². The highest BCUT2D eigenvalue weighted by molar-refractivity contribution is 6.04. The Kier molecular flexibility index (Phi) is 3.88. The SMILES string of the molecule is CN(C)c1ccc(C(=O)NCC2NC(=O)NC2=O)cc1. The summed E-state index contributed by atoms with van der Waals surface area (Å²) in [4.78, 5) is 36.1. The van der Waals surface area contributed by atoms with Crippen LogP contribution in [-0.2, 0) is 4.79 Å². The highest BCUT2D eigenvalue weighted by atomic mass is 16.2. The molecule has 1 aromatic carbocycles. The second kappa shape index (κ2) is 5.60. The zero-order valence-corrected chi connectivity index (χ0v) is 11.3. The molecule has 20 heavy (non-hydrogen) atoms. The van der Waals surface area contributed by atoms with Crippen LogP contribution in [0.15, 0.2) is 24.3 Å². The molecule has 1 saturated heterocycles. The molecule has 0 aromatic heterocycles. The van der Waals surface area contributed by atoms with Gasteiger partial charge in [0, 0.05) is 31.9 Å². The number of carbonyl (C=O) groups is 3. The number of imide groups is 1. The van der Waals surface area contributed by atoms with Crippen LogP contribution in [0.5, 0.6) is 0 Å². The normalized spacial score (nSPS) is 17.4. The lowest BCUT2D eigenvalue weighted by molar-refractivity contribution is -0.120. The average molecular weight is 276 g/mol. The molecule has 0 bridgehead atoms. The van der Waals surface area contributed by atoms with Crippen LogP contribution in [0, 0.1) is 0 Å². The van der Waals surface area contributed by atoms with E-state index in [0.29, 0.717) is 5.56 Å². The number of carbonyl (C=O) groups excluding carboxylic acids is 3. The number of rotatable bonds is 4. The lowest BCUT2D eigenvalue weighted by Crippen LogP contribution is -2.41. The molecule has 1 aliphatic heterocycles. The van der Waals surface area contributed by atoms with Crippen LogP contribution in [0.4, 0.5) is 10.5 Å². The summed E-state index contributed by atoms with van der Waals surface area (Å²) in [5, 5.41) is 7.13. The van der Waals surface area contributed by atoms with E-state index in [4.69, 9.17) is 0 Å². The molecule has 1 unspecified atom stereocenters. The fraction of sp³-hybridized carbons (Fsp3) is 0.308. The van der Waals surface area contributed by atoms with Crippen molar-refractivity contribution in [3.8, 4) is 0 Å². The summed E-state index contributed by atoms with van der Waals surface area (Å²) in [6.45, 7) is 0.0613. The summed E-state index contributed by atoms with van der Waals surface area (Å²) in [7, 11) is 3.83. The number of urea groups is 1. The van der Waals surface area contributed by atoms with Crippen LogP contribution in [0.3, 0.4) is 0 Å². The van der Waals surface area contributed by atoms with Gasteiger partial charge in [-0.25, -0.2) is 4.79 Å². The highest BCUT2D eigenvalue weighted by Gasteiger charge is 2.29. The van der Waals surface area contributed by atoms with E-state index >= 15 is 0 Å². The van der Waals surface area contributed by atoms with Gasteiger partial charge in [0.15, 0.2) is 0 Å². The fourth-order valence-corrected chi connectivity index (χ4v) is 1.81. The van der Waals surface area contributed by atoms with Crippen molar-refractivity contribution < 1.29 is 14.4 Å². The van der Waals surface area contributed by atoms with Crippen LogP contribution < -0.4 is 20.9 Å². The molecule has 0 radical (unpaired) electrons. The van der Waals surface area contributed by atoms with Crippen LogP contribution >= 0.6 is 0 Å². The van der Waals surface area contributed by atoms with E-state index in [-0.39, 0.29) is 12.5 Å². The minimum Gasteiger partial charge on any atom is -0.378 e. The van der Waals surface area contributed by atoms with E-state index in [1.165, 1.54) is 0 Å².